The molecule has 0 radical (unpaired) electrons. The van der Waals surface area contributed by atoms with Crippen LogP contribution < -0.4 is 0 Å². The zero-order valence-corrected chi connectivity index (χ0v) is 11.9. The van der Waals surface area contributed by atoms with Crippen molar-refractivity contribution in [1.82, 2.24) is 15.2 Å². The number of nitrogens with zero attached hydrogens (tertiary/aromatic N) is 2. The number of aromatic amines is 1. The summed E-state index contributed by atoms with van der Waals surface area (Å²) in [5, 5.41) is 8.03. The lowest BCUT2D eigenvalue weighted by molar-refractivity contribution is 0.552. The lowest BCUT2D eigenvalue weighted by atomic mass is 9.99. The number of hydrogen-bond donors (Lipinski definition) is 1. The van der Waals surface area contributed by atoms with Gasteiger partial charge in [0.25, 0.3) is 4.84 Å². The highest BCUT2D eigenvalue weighted by atomic mass is 32.1. The van der Waals surface area contributed by atoms with E-state index in [0.29, 0.717) is 10.7 Å². The predicted octanol–water partition coefficient (Wildman–Crippen LogP) is 3.74. The van der Waals surface area contributed by atoms with Crippen LogP contribution in [0, 0.1) is 11.8 Å². The molecule has 3 aromatic rings. The number of pyridine rings is 1. The summed E-state index contributed by atoms with van der Waals surface area (Å²) in [4.78, 5) is 5.15. The molecule has 1 aliphatic carbocycles. The van der Waals surface area contributed by atoms with Gasteiger partial charge in [0.1, 0.15) is 0 Å². The number of aryl methyl sites for hydroxylation is 2. The minimum atomic E-state index is 0.310. The molecule has 1 aliphatic rings. The van der Waals surface area contributed by atoms with Crippen LogP contribution in [0.1, 0.15) is 23.2 Å². The van der Waals surface area contributed by atoms with Crippen molar-refractivity contribution in [3.8, 4) is 11.5 Å². The Balaban J connectivity index is 2.17. The van der Waals surface area contributed by atoms with Crippen LogP contribution in [0.15, 0.2) is 22.6 Å². The molecule has 1 N–H and O–H groups in total. The zero-order chi connectivity index (χ0) is 13.7. The SMILES string of the molecule is Cc1cccc2c(-c3n[nH]c(=S)o3)c3c(nc12)CCC3. The summed E-state index contributed by atoms with van der Waals surface area (Å²) in [6.45, 7) is 2.08. The third-order valence-corrected chi connectivity index (χ3v) is 4.07. The fraction of sp³-hybridized carbons (Fsp3) is 0.267. The number of nitrogens with one attached hydrogen (secondary N) is 1. The molecule has 0 fully saturated rings. The van der Waals surface area contributed by atoms with E-state index < -0.39 is 0 Å². The summed E-state index contributed by atoms with van der Waals surface area (Å²) >= 11 is 5.01. The Morgan fingerprint density at radius 3 is 3.00 bits per heavy atom. The third-order valence-electron chi connectivity index (χ3n) is 3.90. The van der Waals surface area contributed by atoms with Crippen LogP contribution in [0.3, 0.4) is 0 Å². The average molecular weight is 283 g/mol. The third kappa shape index (κ3) is 1.63. The molecule has 0 spiro atoms. The Labute approximate surface area is 120 Å². The van der Waals surface area contributed by atoms with Gasteiger partial charge in [-0.05, 0) is 49.5 Å². The van der Waals surface area contributed by atoms with E-state index in [0.717, 1.165) is 35.7 Å². The van der Waals surface area contributed by atoms with E-state index in [1.807, 2.05) is 6.07 Å². The molecule has 100 valence electrons. The van der Waals surface area contributed by atoms with Gasteiger partial charge in [0.15, 0.2) is 0 Å². The molecule has 0 aliphatic heterocycles. The summed E-state index contributed by atoms with van der Waals surface area (Å²) in [5.41, 5.74) is 5.69. The van der Waals surface area contributed by atoms with Gasteiger partial charge < -0.3 is 4.42 Å². The fourth-order valence-corrected chi connectivity index (χ4v) is 3.13. The van der Waals surface area contributed by atoms with Gasteiger partial charge in [-0.25, -0.2) is 5.10 Å². The summed E-state index contributed by atoms with van der Waals surface area (Å²) in [6.07, 6.45) is 3.18. The largest absolute Gasteiger partial charge is 0.409 e. The minimum absolute atomic E-state index is 0.310. The first kappa shape index (κ1) is 11.8. The summed E-state index contributed by atoms with van der Waals surface area (Å²) in [6, 6.07) is 6.21. The van der Waals surface area contributed by atoms with Crippen LogP contribution in [-0.2, 0) is 12.8 Å². The van der Waals surface area contributed by atoms with Crippen LogP contribution in [-0.4, -0.2) is 15.2 Å². The standard InChI is InChI=1S/C15H13N3OS/c1-8-4-2-6-10-12(14-17-18-15(20)19-14)9-5-3-7-11(9)16-13(8)10/h2,4,6H,3,5,7H2,1H3,(H,18,20). The van der Waals surface area contributed by atoms with Gasteiger partial charge in [-0.1, -0.05) is 18.2 Å². The number of fused-ring (bicyclic) bond motifs is 2. The Morgan fingerprint density at radius 2 is 2.20 bits per heavy atom. The highest BCUT2D eigenvalue weighted by Gasteiger charge is 2.23. The molecular formula is C15H13N3OS. The predicted molar refractivity (Wildman–Crippen MR) is 79.2 cm³/mol. The van der Waals surface area contributed by atoms with Crippen molar-refractivity contribution in [1.29, 1.82) is 0 Å². The van der Waals surface area contributed by atoms with Crippen molar-refractivity contribution >= 4 is 23.1 Å². The smallest absolute Gasteiger partial charge is 0.284 e. The number of benzene rings is 1. The molecule has 0 atom stereocenters. The van der Waals surface area contributed by atoms with Crippen LogP contribution in [0.2, 0.25) is 0 Å². The molecule has 4 nitrogen and oxygen atoms in total. The molecular weight excluding hydrogens is 270 g/mol. The first-order chi connectivity index (χ1) is 9.74. The molecule has 5 heteroatoms. The quantitative estimate of drug-likeness (QED) is 0.691. The number of hydrogen-bond acceptors (Lipinski definition) is 4. The summed E-state index contributed by atoms with van der Waals surface area (Å²) < 4.78 is 5.56. The number of para-hydroxylation sites is 1. The lowest BCUT2D eigenvalue weighted by Gasteiger charge is -2.10. The normalized spacial score (nSPS) is 13.8. The van der Waals surface area contributed by atoms with Crippen molar-refractivity contribution in [2.75, 3.05) is 0 Å². The molecule has 0 bridgehead atoms. The van der Waals surface area contributed by atoms with Crippen LogP contribution in [0.5, 0.6) is 0 Å². The molecule has 1 aromatic carbocycles. The minimum Gasteiger partial charge on any atom is -0.409 e. The monoisotopic (exact) mass is 283 g/mol. The molecule has 0 saturated heterocycles. The van der Waals surface area contributed by atoms with Crippen molar-refractivity contribution < 1.29 is 4.42 Å². The van der Waals surface area contributed by atoms with E-state index in [9.17, 15) is 0 Å². The highest BCUT2D eigenvalue weighted by molar-refractivity contribution is 7.71. The number of H-pyrrole nitrogens is 1. The average Bonchev–Trinajstić information content (AvgIpc) is 3.05. The van der Waals surface area contributed by atoms with Crippen LogP contribution in [0.4, 0.5) is 0 Å². The van der Waals surface area contributed by atoms with Crippen LogP contribution >= 0.6 is 12.2 Å². The lowest BCUT2D eigenvalue weighted by Crippen LogP contribution is -1.97. The van der Waals surface area contributed by atoms with E-state index in [2.05, 4.69) is 29.3 Å². The molecule has 0 unspecified atom stereocenters. The molecule has 2 heterocycles. The molecule has 4 rings (SSSR count). The maximum absolute atomic E-state index is 5.56. The van der Waals surface area contributed by atoms with E-state index in [-0.39, 0.29) is 0 Å². The maximum Gasteiger partial charge on any atom is 0.284 e. The highest BCUT2D eigenvalue weighted by Crippen LogP contribution is 2.37. The Bertz CT molecular complexity index is 878. The molecule has 0 saturated carbocycles. The van der Waals surface area contributed by atoms with E-state index in [4.69, 9.17) is 21.6 Å². The second-order valence-electron chi connectivity index (χ2n) is 5.15. The van der Waals surface area contributed by atoms with Crippen molar-refractivity contribution in [2.24, 2.45) is 0 Å². The first-order valence-corrected chi connectivity index (χ1v) is 7.12. The fourth-order valence-electron chi connectivity index (χ4n) is 3.01. The molecule has 20 heavy (non-hydrogen) atoms. The number of rotatable bonds is 1. The summed E-state index contributed by atoms with van der Waals surface area (Å²) in [7, 11) is 0. The van der Waals surface area contributed by atoms with E-state index >= 15 is 0 Å². The molecule has 0 amide bonds. The van der Waals surface area contributed by atoms with E-state index in [1.165, 1.54) is 16.8 Å². The Morgan fingerprint density at radius 1 is 1.30 bits per heavy atom. The second kappa shape index (κ2) is 4.24. The molecule has 2 aromatic heterocycles. The Hall–Kier alpha value is -2.01. The summed E-state index contributed by atoms with van der Waals surface area (Å²) in [5.74, 6) is 0.575. The zero-order valence-electron chi connectivity index (χ0n) is 11.1. The van der Waals surface area contributed by atoms with Gasteiger partial charge in [-0.15, -0.1) is 5.10 Å². The van der Waals surface area contributed by atoms with Crippen molar-refractivity contribution in [2.45, 2.75) is 26.2 Å². The topological polar surface area (TPSA) is 54.7 Å². The van der Waals surface area contributed by atoms with Crippen molar-refractivity contribution in [3.05, 3.63) is 39.9 Å². The van der Waals surface area contributed by atoms with Gasteiger partial charge in [-0.3, -0.25) is 4.98 Å². The first-order valence-electron chi connectivity index (χ1n) is 6.71. The van der Waals surface area contributed by atoms with Gasteiger partial charge in [0.2, 0.25) is 5.89 Å². The van der Waals surface area contributed by atoms with Crippen molar-refractivity contribution in [3.63, 3.8) is 0 Å². The van der Waals surface area contributed by atoms with E-state index in [1.54, 1.807) is 0 Å². The van der Waals surface area contributed by atoms with Gasteiger partial charge in [-0.2, -0.15) is 0 Å². The maximum atomic E-state index is 5.56. The Kier molecular flexibility index (Phi) is 2.50. The van der Waals surface area contributed by atoms with Crippen LogP contribution in [0.25, 0.3) is 22.4 Å². The van der Waals surface area contributed by atoms with Gasteiger partial charge >= 0.3 is 0 Å². The second-order valence-corrected chi connectivity index (χ2v) is 5.53. The number of aromatic nitrogens is 3. The van der Waals surface area contributed by atoms with Gasteiger partial charge in [0.05, 0.1) is 11.1 Å². The van der Waals surface area contributed by atoms with Gasteiger partial charge in [0, 0.05) is 11.1 Å².